The van der Waals surface area contributed by atoms with E-state index in [9.17, 15) is 18.0 Å². The minimum Gasteiger partial charge on any atom is -0.346 e. The highest BCUT2D eigenvalue weighted by atomic mass is 19.2. The minimum atomic E-state index is -1.30. The monoisotopic (exact) mass is 318 g/mol. The number of nitrogens with zero attached hydrogens (tertiary/aromatic N) is 2. The molecule has 0 spiro atoms. The summed E-state index contributed by atoms with van der Waals surface area (Å²) in [7, 11) is 0. The summed E-state index contributed by atoms with van der Waals surface area (Å²) in [6, 6.07) is 3.24. The van der Waals surface area contributed by atoms with Crippen molar-refractivity contribution in [2.45, 2.75) is 6.54 Å². The predicted molar refractivity (Wildman–Crippen MR) is 77.6 cm³/mol. The standard InChI is InChI=1S/C15H9F3N4O/c16-9-1-2-10(17)12(18)8(9)6-22-13-7-3-4-19-14(7)20-5-11(13)21-15(22)23/h1-5H,6H2,(H,19,20)(H,21,23). The summed E-state index contributed by atoms with van der Waals surface area (Å²) in [6.45, 7) is -0.432. The molecule has 0 atom stereocenters. The lowest BCUT2D eigenvalue weighted by Crippen LogP contribution is -2.19. The lowest BCUT2D eigenvalue weighted by Gasteiger charge is -2.07. The normalized spacial score (nSPS) is 11.6. The molecule has 8 heteroatoms. The first-order valence-corrected chi connectivity index (χ1v) is 6.73. The fourth-order valence-corrected chi connectivity index (χ4v) is 2.68. The van der Waals surface area contributed by atoms with Crippen LogP contribution in [-0.4, -0.2) is 19.5 Å². The molecule has 3 heterocycles. The van der Waals surface area contributed by atoms with Gasteiger partial charge in [0.05, 0.1) is 23.8 Å². The molecular formula is C15H9F3N4O. The van der Waals surface area contributed by atoms with Crippen molar-refractivity contribution in [2.75, 3.05) is 0 Å². The Kier molecular flexibility index (Phi) is 2.80. The van der Waals surface area contributed by atoms with Crippen molar-refractivity contribution in [1.82, 2.24) is 19.5 Å². The number of aromatic amines is 2. The average Bonchev–Trinajstić information content (AvgIpc) is 3.11. The quantitative estimate of drug-likeness (QED) is 0.558. The number of imidazole rings is 1. The molecule has 0 radical (unpaired) electrons. The van der Waals surface area contributed by atoms with Crippen molar-refractivity contribution >= 4 is 22.1 Å². The second-order valence-electron chi connectivity index (χ2n) is 5.10. The van der Waals surface area contributed by atoms with Crippen LogP contribution in [0.3, 0.4) is 0 Å². The lowest BCUT2D eigenvalue weighted by atomic mass is 10.2. The number of fused-ring (bicyclic) bond motifs is 3. The van der Waals surface area contributed by atoms with Gasteiger partial charge in [-0.05, 0) is 18.2 Å². The summed E-state index contributed by atoms with van der Waals surface area (Å²) in [4.78, 5) is 21.8. The van der Waals surface area contributed by atoms with E-state index < -0.39 is 35.2 Å². The Morgan fingerprint density at radius 2 is 1.91 bits per heavy atom. The maximum absolute atomic E-state index is 13.9. The summed E-state index contributed by atoms with van der Waals surface area (Å²) in [5, 5.41) is 0.623. The van der Waals surface area contributed by atoms with Crippen LogP contribution in [0.25, 0.3) is 22.1 Å². The first kappa shape index (κ1) is 13.6. The number of H-pyrrole nitrogens is 2. The van der Waals surface area contributed by atoms with Crippen molar-refractivity contribution in [3.8, 4) is 0 Å². The zero-order valence-corrected chi connectivity index (χ0v) is 11.5. The fourth-order valence-electron chi connectivity index (χ4n) is 2.68. The molecule has 4 aromatic rings. The van der Waals surface area contributed by atoms with Crippen molar-refractivity contribution in [1.29, 1.82) is 0 Å². The van der Waals surface area contributed by atoms with E-state index in [2.05, 4.69) is 15.0 Å². The molecule has 0 unspecified atom stereocenters. The highest BCUT2D eigenvalue weighted by Crippen LogP contribution is 2.23. The Hall–Kier alpha value is -3.03. The Morgan fingerprint density at radius 3 is 2.74 bits per heavy atom. The molecule has 116 valence electrons. The van der Waals surface area contributed by atoms with Gasteiger partial charge in [-0.1, -0.05) is 0 Å². The topological polar surface area (TPSA) is 66.5 Å². The second-order valence-corrected chi connectivity index (χ2v) is 5.10. The van der Waals surface area contributed by atoms with E-state index in [-0.39, 0.29) is 0 Å². The van der Waals surface area contributed by atoms with Gasteiger partial charge in [-0.25, -0.2) is 22.9 Å². The maximum atomic E-state index is 13.9. The van der Waals surface area contributed by atoms with Crippen LogP contribution < -0.4 is 5.69 Å². The third-order valence-corrected chi connectivity index (χ3v) is 3.77. The maximum Gasteiger partial charge on any atom is 0.326 e. The van der Waals surface area contributed by atoms with Crippen LogP contribution in [-0.2, 0) is 6.54 Å². The number of rotatable bonds is 2. The Labute approximate surface area is 126 Å². The molecule has 2 N–H and O–H groups in total. The van der Waals surface area contributed by atoms with Gasteiger partial charge in [0.25, 0.3) is 0 Å². The molecule has 0 bridgehead atoms. The van der Waals surface area contributed by atoms with Crippen LogP contribution >= 0.6 is 0 Å². The zero-order chi connectivity index (χ0) is 16.1. The van der Waals surface area contributed by atoms with E-state index in [1.165, 1.54) is 6.20 Å². The van der Waals surface area contributed by atoms with Gasteiger partial charge in [-0.15, -0.1) is 0 Å². The number of halogens is 3. The minimum absolute atomic E-state index is 0.430. The molecule has 4 rings (SSSR count). The van der Waals surface area contributed by atoms with Crippen LogP contribution in [0.2, 0.25) is 0 Å². The smallest absolute Gasteiger partial charge is 0.326 e. The van der Waals surface area contributed by atoms with Crippen molar-refractivity contribution in [3.05, 3.63) is 64.1 Å². The molecule has 5 nitrogen and oxygen atoms in total. The number of hydrogen-bond acceptors (Lipinski definition) is 2. The van der Waals surface area contributed by atoms with E-state index in [1.54, 1.807) is 12.3 Å². The molecule has 0 amide bonds. The summed E-state index contributed by atoms with van der Waals surface area (Å²) in [6.07, 6.45) is 3.09. The first-order valence-electron chi connectivity index (χ1n) is 6.73. The SMILES string of the molecule is O=c1[nH]c2cnc3[nH]ccc3c2n1Cc1c(F)ccc(F)c1F. The molecule has 1 aromatic carbocycles. The van der Waals surface area contributed by atoms with E-state index in [0.29, 0.717) is 28.1 Å². The van der Waals surface area contributed by atoms with Crippen LogP contribution in [0, 0.1) is 17.5 Å². The van der Waals surface area contributed by atoms with Gasteiger partial charge in [0, 0.05) is 17.1 Å². The van der Waals surface area contributed by atoms with Crippen LogP contribution in [0.5, 0.6) is 0 Å². The van der Waals surface area contributed by atoms with Crippen molar-refractivity contribution in [2.24, 2.45) is 0 Å². The summed E-state index contributed by atoms with van der Waals surface area (Å²) in [5.74, 6) is -3.38. The number of aromatic nitrogens is 4. The molecule has 3 aromatic heterocycles. The molecule has 0 fully saturated rings. The van der Waals surface area contributed by atoms with Gasteiger partial charge in [-0.2, -0.15) is 0 Å². The number of pyridine rings is 1. The molecule has 0 aliphatic rings. The van der Waals surface area contributed by atoms with Gasteiger partial charge in [0.1, 0.15) is 11.5 Å². The largest absolute Gasteiger partial charge is 0.346 e. The van der Waals surface area contributed by atoms with Gasteiger partial charge < -0.3 is 9.97 Å². The van der Waals surface area contributed by atoms with E-state index in [4.69, 9.17) is 0 Å². The van der Waals surface area contributed by atoms with Gasteiger partial charge in [0.2, 0.25) is 0 Å². The molecule has 23 heavy (non-hydrogen) atoms. The van der Waals surface area contributed by atoms with Gasteiger partial charge in [-0.3, -0.25) is 4.57 Å². The Morgan fingerprint density at radius 1 is 1.13 bits per heavy atom. The molecule has 0 saturated carbocycles. The van der Waals surface area contributed by atoms with E-state index >= 15 is 0 Å². The number of benzene rings is 1. The second kappa shape index (κ2) is 4.73. The molecule has 0 saturated heterocycles. The lowest BCUT2D eigenvalue weighted by molar-refractivity contribution is 0.474. The van der Waals surface area contributed by atoms with E-state index in [0.717, 1.165) is 10.6 Å². The Balaban J connectivity index is 2.00. The predicted octanol–water partition coefficient (Wildman–Crippen LogP) is 2.67. The number of nitrogens with one attached hydrogen (secondary N) is 2. The third kappa shape index (κ3) is 1.95. The number of hydrogen-bond donors (Lipinski definition) is 2. The van der Waals surface area contributed by atoms with E-state index in [1.807, 2.05) is 0 Å². The summed E-state index contributed by atoms with van der Waals surface area (Å²) in [5.41, 5.74) is 0.348. The fraction of sp³-hybridized carbons (Fsp3) is 0.0667. The molecule has 0 aliphatic heterocycles. The summed E-state index contributed by atoms with van der Waals surface area (Å²) < 4.78 is 42.3. The zero-order valence-electron chi connectivity index (χ0n) is 11.5. The highest BCUT2D eigenvalue weighted by Gasteiger charge is 2.18. The third-order valence-electron chi connectivity index (χ3n) is 3.77. The average molecular weight is 318 g/mol. The van der Waals surface area contributed by atoms with Gasteiger partial charge >= 0.3 is 5.69 Å². The highest BCUT2D eigenvalue weighted by molar-refractivity contribution is 6.00. The first-order chi connectivity index (χ1) is 11.1. The van der Waals surface area contributed by atoms with Crippen LogP contribution in [0.15, 0.2) is 35.4 Å². The molecule has 0 aliphatic carbocycles. The van der Waals surface area contributed by atoms with Crippen molar-refractivity contribution < 1.29 is 13.2 Å². The molecular weight excluding hydrogens is 309 g/mol. The Bertz CT molecular complexity index is 1110. The van der Waals surface area contributed by atoms with Crippen molar-refractivity contribution in [3.63, 3.8) is 0 Å². The summed E-state index contributed by atoms with van der Waals surface area (Å²) >= 11 is 0. The van der Waals surface area contributed by atoms with Gasteiger partial charge in [0.15, 0.2) is 11.6 Å². The van der Waals surface area contributed by atoms with Crippen LogP contribution in [0.1, 0.15) is 5.56 Å². The van der Waals surface area contributed by atoms with Crippen LogP contribution in [0.4, 0.5) is 13.2 Å².